The van der Waals surface area contributed by atoms with Gasteiger partial charge in [-0.15, -0.1) is 0 Å². The summed E-state index contributed by atoms with van der Waals surface area (Å²) in [4.78, 5) is 0. The molecule has 1 unspecified atom stereocenters. The number of anilines is 1. The Morgan fingerprint density at radius 3 is 2.62 bits per heavy atom. The number of phenolic OH excluding ortho intramolecular Hbond substituents is 1. The van der Waals surface area contributed by atoms with Gasteiger partial charge in [0.1, 0.15) is 17.3 Å². The van der Waals surface area contributed by atoms with E-state index in [1.807, 2.05) is 39.0 Å². The minimum absolute atomic E-state index is 0.0688. The van der Waals surface area contributed by atoms with E-state index in [1.54, 1.807) is 6.07 Å². The summed E-state index contributed by atoms with van der Waals surface area (Å²) in [7, 11) is 0. The van der Waals surface area contributed by atoms with Crippen LogP contribution in [0.2, 0.25) is 0 Å². The lowest BCUT2D eigenvalue weighted by Gasteiger charge is -2.18. The van der Waals surface area contributed by atoms with Crippen molar-refractivity contribution < 1.29 is 14.2 Å². The van der Waals surface area contributed by atoms with Crippen molar-refractivity contribution >= 4 is 5.69 Å². The maximum Gasteiger partial charge on any atom is 0.132 e. The van der Waals surface area contributed by atoms with E-state index in [0.29, 0.717) is 12.2 Å². The summed E-state index contributed by atoms with van der Waals surface area (Å²) in [5, 5.41) is 12.5. The van der Waals surface area contributed by atoms with Crippen LogP contribution in [0.4, 0.5) is 10.1 Å². The van der Waals surface area contributed by atoms with Gasteiger partial charge in [-0.3, -0.25) is 0 Å². The van der Waals surface area contributed by atoms with E-state index in [9.17, 15) is 9.50 Å². The molecular weight excluding hydrogens is 269 g/mol. The Balaban J connectivity index is 2.17. The second-order valence-electron chi connectivity index (χ2n) is 4.98. The Hall–Kier alpha value is -2.23. The van der Waals surface area contributed by atoms with Crippen LogP contribution in [0.5, 0.6) is 11.5 Å². The van der Waals surface area contributed by atoms with Gasteiger partial charge in [-0.25, -0.2) is 4.39 Å². The van der Waals surface area contributed by atoms with Gasteiger partial charge in [0.25, 0.3) is 0 Å². The predicted octanol–water partition coefficient (Wildman–Crippen LogP) is 4.41. The fourth-order valence-electron chi connectivity index (χ4n) is 2.23. The first-order chi connectivity index (χ1) is 10.0. The normalized spacial score (nSPS) is 12.0. The fraction of sp³-hybridized carbons (Fsp3) is 0.294. The minimum Gasteiger partial charge on any atom is -0.508 e. The van der Waals surface area contributed by atoms with Crippen molar-refractivity contribution in [3.63, 3.8) is 0 Å². The summed E-state index contributed by atoms with van der Waals surface area (Å²) in [5.41, 5.74) is 2.48. The lowest BCUT2D eigenvalue weighted by molar-refractivity contribution is 0.340. The molecule has 3 nitrogen and oxygen atoms in total. The first-order valence-corrected chi connectivity index (χ1v) is 6.99. The number of phenols is 1. The molecule has 0 aliphatic rings. The van der Waals surface area contributed by atoms with Crippen LogP contribution in [-0.4, -0.2) is 11.7 Å². The highest BCUT2D eigenvalue weighted by Crippen LogP contribution is 2.27. The number of hydrogen-bond donors (Lipinski definition) is 2. The van der Waals surface area contributed by atoms with Crippen molar-refractivity contribution in [1.29, 1.82) is 0 Å². The summed E-state index contributed by atoms with van der Waals surface area (Å²) in [5.74, 6) is 0.336. The third kappa shape index (κ3) is 3.66. The predicted molar refractivity (Wildman–Crippen MR) is 82.5 cm³/mol. The quantitative estimate of drug-likeness (QED) is 0.856. The van der Waals surface area contributed by atoms with Crippen molar-refractivity contribution in [2.75, 3.05) is 11.9 Å². The van der Waals surface area contributed by atoms with E-state index in [-0.39, 0.29) is 11.8 Å². The van der Waals surface area contributed by atoms with Gasteiger partial charge in [0, 0.05) is 17.3 Å². The number of aromatic hydroxyl groups is 1. The van der Waals surface area contributed by atoms with Crippen LogP contribution in [0.1, 0.15) is 31.0 Å². The molecule has 0 aromatic heterocycles. The van der Waals surface area contributed by atoms with Gasteiger partial charge in [-0.2, -0.15) is 0 Å². The second kappa shape index (κ2) is 6.48. The van der Waals surface area contributed by atoms with Crippen molar-refractivity contribution in [2.24, 2.45) is 0 Å². The molecule has 2 N–H and O–H groups in total. The third-order valence-electron chi connectivity index (χ3n) is 3.33. The van der Waals surface area contributed by atoms with E-state index >= 15 is 0 Å². The van der Waals surface area contributed by atoms with Gasteiger partial charge >= 0.3 is 0 Å². The smallest absolute Gasteiger partial charge is 0.132 e. The standard InChI is InChI=1S/C17H20FNO2/c1-4-21-14-6-8-17(11(2)9-14)19-12(3)15-7-5-13(20)10-16(15)18/h5-10,12,19-20H,4H2,1-3H3. The Kier molecular flexibility index (Phi) is 4.68. The monoisotopic (exact) mass is 289 g/mol. The van der Waals surface area contributed by atoms with Crippen molar-refractivity contribution in [1.82, 2.24) is 0 Å². The van der Waals surface area contributed by atoms with Gasteiger partial charge in [0.2, 0.25) is 0 Å². The maximum absolute atomic E-state index is 13.8. The Bertz CT molecular complexity index is 628. The number of halogens is 1. The molecule has 0 saturated carbocycles. The van der Waals surface area contributed by atoms with Crippen LogP contribution >= 0.6 is 0 Å². The summed E-state index contributed by atoms with van der Waals surface area (Å²) in [6, 6.07) is 9.76. The molecule has 0 aliphatic heterocycles. The van der Waals surface area contributed by atoms with Crippen LogP contribution < -0.4 is 10.1 Å². The second-order valence-corrected chi connectivity index (χ2v) is 4.98. The highest BCUT2D eigenvalue weighted by atomic mass is 19.1. The van der Waals surface area contributed by atoms with E-state index in [1.165, 1.54) is 6.07 Å². The molecule has 0 bridgehead atoms. The maximum atomic E-state index is 13.8. The van der Waals surface area contributed by atoms with E-state index < -0.39 is 5.82 Å². The number of rotatable bonds is 5. The molecule has 1 atom stereocenters. The molecule has 4 heteroatoms. The number of nitrogens with one attached hydrogen (secondary N) is 1. The first kappa shape index (κ1) is 15.2. The SMILES string of the molecule is CCOc1ccc(NC(C)c2ccc(O)cc2F)c(C)c1. The van der Waals surface area contributed by atoms with Crippen LogP contribution in [0, 0.1) is 12.7 Å². The van der Waals surface area contributed by atoms with Gasteiger partial charge in [-0.1, -0.05) is 6.07 Å². The summed E-state index contributed by atoms with van der Waals surface area (Å²) >= 11 is 0. The molecule has 2 rings (SSSR count). The van der Waals surface area contributed by atoms with Gasteiger partial charge < -0.3 is 15.2 Å². The number of hydrogen-bond acceptors (Lipinski definition) is 3. The molecule has 0 heterocycles. The third-order valence-corrected chi connectivity index (χ3v) is 3.33. The van der Waals surface area contributed by atoms with Crippen molar-refractivity contribution in [3.8, 4) is 11.5 Å². The van der Waals surface area contributed by atoms with Crippen LogP contribution in [0.25, 0.3) is 0 Å². The largest absolute Gasteiger partial charge is 0.508 e. The highest BCUT2D eigenvalue weighted by molar-refractivity contribution is 5.55. The van der Waals surface area contributed by atoms with E-state index in [4.69, 9.17) is 4.74 Å². The lowest BCUT2D eigenvalue weighted by atomic mass is 10.1. The zero-order valence-corrected chi connectivity index (χ0v) is 12.5. The van der Waals surface area contributed by atoms with E-state index in [0.717, 1.165) is 23.1 Å². The Labute approximate surface area is 124 Å². The van der Waals surface area contributed by atoms with Gasteiger partial charge in [0.15, 0.2) is 0 Å². The molecule has 2 aromatic rings. The molecule has 0 spiro atoms. The van der Waals surface area contributed by atoms with Gasteiger partial charge in [0.05, 0.1) is 12.6 Å². The minimum atomic E-state index is -0.418. The first-order valence-electron chi connectivity index (χ1n) is 6.99. The molecule has 2 aromatic carbocycles. The lowest BCUT2D eigenvalue weighted by Crippen LogP contribution is -2.09. The van der Waals surface area contributed by atoms with Gasteiger partial charge in [-0.05, 0) is 50.6 Å². The topological polar surface area (TPSA) is 41.5 Å². The molecular formula is C17H20FNO2. The average molecular weight is 289 g/mol. The molecule has 0 radical (unpaired) electrons. The van der Waals surface area contributed by atoms with Crippen LogP contribution in [0.3, 0.4) is 0 Å². The highest BCUT2D eigenvalue weighted by Gasteiger charge is 2.12. The zero-order chi connectivity index (χ0) is 15.4. The summed E-state index contributed by atoms with van der Waals surface area (Å²) < 4.78 is 19.3. The number of benzene rings is 2. The van der Waals surface area contributed by atoms with Crippen molar-refractivity contribution in [3.05, 3.63) is 53.3 Å². The zero-order valence-electron chi connectivity index (χ0n) is 12.5. The van der Waals surface area contributed by atoms with Crippen molar-refractivity contribution in [2.45, 2.75) is 26.8 Å². The molecule has 0 saturated heterocycles. The number of ether oxygens (including phenoxy) is 1. The summed E-state index contributed by atoms with van der Waals surface area (Å²) in [6.45, 7) is 6.43. The molecule has 21 heavy (non-hydrogen) atoms. The van der Waals surface area contributed by atoms with Crippen LogP contribution in [0.15, 0.2) is 36.4 Å². The Morgan fingerprint density at radius 1 is 1.24 bits per heavy atom. The van der Waals surface area contributed by atoms with E-state index in [2.05, 4.69) is 5.32 Å². The molecule has 112 valence electrons. The van der Waals surface area contributed by atoms with Crippen LogP contribution in [-0.2, 0) is 0 Å². The number of aryl methyl sites for hydroxylation is 1. The molecule has 0 aliphatic carbocycles. The fourth-order valence-corrected chi connectivity index (χ4v) is 2.23. The Morgan fingerprint density at radius 2 is 2.00 bits per heavy atom. The molecule has 0 amide bonds. The molecule has 0 fully saturated rings. The average Bonchev–Trinajstić information content (AvgIpc) is 2.42. The summed E-state index contributed by atoms with van der Waals surface area (Å²) in [6.07, 6.45) is 0.